The number of aromatic nitrogens is 3. The molecule has 0 radical (unpaired) electrons. The average Bonchev–Trinajstić information content (AvgIpc) is 3.05. The SMILES string of the molecule is CCn1c(SCC(=O)Nc2ccc(C)cc2)nnc1-c1ccccc1F. The van der Waals surface area contributed by atoms with E-state index in [0.717, 1.165) is 11.3 Å². The summed E-state index contributed by atoms with van der Waals surface area (Å²) in [6, 6.07) is 14.1. The Balaban J connectivity index is 1.69. The van der Waals surface area contributed by atoms with Crippen LogP contribution in [0.3, 0.4) is 0 Å². The smallest absolute Gasteiger partial charge is 0.234 e. The third kappa shape index (κ3) is 4.11. The molecule has 1 heterocycles. The fourth-order valence-electron chi connectivity index (χ4n) is 2.49. The highest BCUT2D eigenvalue weighted by molar-refractivity contribution is 7.99. The van der Waals surface area contributed by atoms with Crippen molar-refractivity contribution < 1.29 is 9.18 Å². The predicted octanol–water partition coefficient (Wildman–Crippen LogP) is 4.14. The Morgan fingerprint density at radius 3 is 2.58 bits per heavy atom. The van der Waals surface area contributed by atoms with E-state index in [1.54, 1.807) is 18.2 Å². The monoisotopic (exact) mass is 370 g/mol. The Morgan fingerprint density at radius 1 is 1.15 bits per heavy atom. The Hall–Kier alpha value is -2.67. The zero-order valence-electron chi connectivity index (χ0n) is 14.6. The summed E-state index contributed by atoms with van der Waals surface area (Å²) in [5.41, 5.74) is 2.29. The summed E-state index contributed by atoms with van der Waals surface area (Å²) in [6.45, 7) is 4.51. The number of rotatable bonds is 6. The third-order valence-corrected chi connectivity index (χ3v) is 4.78. The van der Waals surface area contributed by atoms with Crippen LogP contribution in [0, 0.1) is 12.7 Å². The summed E-state index contributed by atoms with van der Waals surface area (Å²) in [4.78, 5) is 12.2. The summed E-state index contributed by atoms with van der Waals surface area (Å²) >= 11 is 1.28. The van der Waals surface area contributed by atoms with Gasteiger partial charge in [0.1, 0.15) is 5.82 Å². The summed E-state index contributed by atoms with van der Waals surface area (Å²) in [5.74, 6) is 0.191. The van der Waals surface area contributed by atoms with Gasteiger partial charge in [-0.05, 0) is 38.1 Å². The number of carbonyl (C=O) groups is 1. The number of nitrogens with one attached hydrogen (secondary N) is 1. The van der Waals surface area contributed by atoms with Gasteiger partial charge in [0, 0.05) is 12.2 Å². The zero-order chi connectivity index (χ0) is 18.5. The van der Waals surface area contributed by atoms with E-state index in [1.165, 1.54) is 17.8 Å². The van der Waals surface area contributed by atoms with Crippen LogP contribution in [0.4, 0.5) is 10.1 Å². The van der Waals surface area contributed by atoms with Crippen LogP contribution in [0.2, 0.25) is 0 Å². The van der Waals surface area contributed by atoms with Crippen molar-refractivity contribution in [1.29, 1.82) is 0 Å². The van der Waals surface area contributed by atoms with Crippen molar-refractivity contribution >= 4 is 23.4 Å². The standard InChI is InChI=1S/C19H19FN4OS/c1-3-24-18(15-6-4-5-7-16(15)20)22-23-19(24)26-12-17(25)21-14-10-8-13(2)9-11-14/h4-11H,3,12H2,1-2H3,(H,21,25). The van der Waals surface area contributed by atoms with Crippen LogP contribution in [-0.4, -0.2) is 26.4 Å². The van der Waals surface area contributed by atoms with Gasteiger partial charge in [0.05, 0.1) is 11.3 Å². The number of carbonyl (C=O) groups excluding carboxylic acids is 1. The molecule has 0 unspecified atom stereocenters. The molecule has 1 amide bonds. The highest BCUT2D eigenvalue weighted by atomic mass is 32.2. The molecular weight excluding hydrogens is 351 g/mol. The van der Waals surface area contributed by atoms with Gasteiger partial charge >= 0.3 is 0 Å². The molecule has 3 aromatic rings. The molecule has 0 aliphatic heterocycles. The molecule has 0 saturated carbocycles. The van der Waals surface area contributed by atoms with Crippen LogP contribution in [0.15, 0.2) is 53.7 Å². The van der Waals surface area contributed by atoms with E-state index in [9.17, 15) is 9.18 Å². The fraction of sp³-hybridized carbons (Fsp3) is 0.211. The van der Waals surface area contributed by atoms with Crippen LogP contribution in [0.25, 0.3) is 11.4 Å². The molecule has 26 heavy (non-hydrogen) atoms. The maximum absolute atomic E-state index is 14.0. The summed E-state index contributed by atoms with van der Waals surface area (Å²) in [7, 11) is 0. The second kappa shape index (κ2) is 8.14. The molecule has 0 aliphatic rings. The number of hydrogen-bond acceptors (Lipinski definition) is 4. The van der Waals surface area contributed by atoms with Crippen molar-refractivity contribution in [3.63, 3.8) is 0 Å². The lowest BCUT2D eigenvalue weighted by atomic mass is 10.2. The van der Waals surface area contributed by atoms with Gasteiger partial charge in [-0.25, -0.2) is 4.39 Å². The van der Waals surface area contributed by atoms with E-state index in [-0.39, 0.29) is 17.5 Å². The predicted molar refractivity (Wildman–Crippen MR) is 102 cm³/mol. The number of aryl methyl sites for hydroxylation is 1. The summed E-state index contributed by atoms with van der Waals surface area (Å²) in [6.07, 6.45) is 0. The normalized spacial score (nSPS) is 10.7. The van der Waals surface area contributed by atoms with Crippen LogP contribution < -0.4 is 5.32 Å². The number of benzene rings is 2. The molecule has 2 aromatic carbocycles. The van der Waals surface area contributed by atoms with Crippen molar-refractivity contribution in [1.82, 2.24) is 14.8 Å². The van der Waals surface area contributed by atoms with Crippen molar-refractivity contribution in [2.75, 3.05) is 11.1 Å². The molecule has 0 spiro atoms. The lowest BCUT2D eigenvalue weighted by Crippen LogP contribution is -2.14. The molecule has 0 bridgehead atoms. The minimum Gasteiger partial charge on any atom is -0.325 e. The van der Waals surface area contributed by atoms with E-state index in [4.69, 9.17) is 0 Å². The molecule has 3 rings (SSSR count). The largest absolute Gasteiger partial charge is 0.325 e. The molecular formula is C19H19FN4OS. The van der Waals surface area contributed by atoms with Gasteiger partial charge in [0.15, 0.2) is 11.0 Å². The topological polar surface area (TPSA) is 59.8 Å². The van der Waals surface area contributed by atoms with Crippen LogP contribution in [0.1, 0.15) is 12.5 Å². The lowest BCUT2D eigenvalue weighted by molar-refractivity contribution is -0.113. The first-order chi connectivity index (χ1) is 12.6. The van der Waals surface area contributed by atoms with E-state index >= 15 is 0 Å². The number of halogens is 1. The maximum atomic E-state index is 14.0. The first-order valence-corrected chi connectivity index (χ1v) is 9.24. The van der Waals surface area contributed by atoms with Crippen LogP contribution in [0.5, 0.6) is 0 Å². The molecule has 7 heteroatoms. The van der Waals surface area contributed by atoms with E-state index in [2.05, 4.69) is 15.5 Å². The Kier molecular flexibility index (Phi) is 5.68. The average molecular weight is 370 g/mol. The highest BCUT2D eigenvalue weighted by Gasteiger charge is 2.16. The van der Waals surface area contributed by atoms with Gasteiger partial charge in [-0.15, -0.1) is 10.2 Å². The van der Waals surface area contributed by atoms with Crippen molar-refractivity contribution in [3.05, 3.63) is 59.9 Å². The number of anilines is 1. The number of amides is 1. The molecule has 0 fully saturated rings. The van der Waals surface area contributed by atoms with Crippen molar-refractivity contribution in [2.24, 2.45) is 0 Å². The molecule has 1 aromatic heterocycles. The quantitative estimate of drug-likeness (QED) is 0.663. The van der Waals surface area contributed by atoms with E-state index < -0.39 is 0 Å². The first-order valence-electron chi connectivity index (χ1n) is 8.26. The summed E-state index contributed by atoms with van der Waals surface area (Å²) in [5, 5.41) is 11.7. The van der Waals surface area contributed by atoms with E-state index in [1.807, 2.05) is 42.7 Å². The zero-order valence-corrected chi connectivity index (χ0v) is 15.4. The third-order valence-electron chi connectivity index (χ3n) is 3.82. The lowest BCUT2D eigenvalue weighted by Gasteiger charge is -2.08. The van der Waals surface area contributed by atoms with Gasteiger partial charge < -0.3 is 9.88 Å². The Labute approximate surface area is 155 Å². The second-order valence-electron chi connectivity index (χ2n) is 5.73. The fourth-order valence-corrected chi connectivity index (χ4v) is 3.29. The summed E-state index contributed by atoms with van der Waals surface area (Å²) < 4.78 is 15.8. The second-order valence-corrected chi connectivity index (χ2v) is 6.68. The van der Waals surface area contributed by atoms with Gasteiger partial charge in [0.25, 0.3) is 0 Å². The molecule has 0 aliphatic carbocycles. The highest BCUT2D eigenvalue weighted by Crippen LogP contribution is 2.25. The number of hydrogen-bond donors (Lipinski definition) is 1. The molecule has 0 atom stereocenters. The maximum Gasteiger partial charge on any atom is 0.234 e. The minimum atomic E-state index is -0.344. The Morgan fingerprint density at radius 2 is 1.88 bits per heavy atom. The Bertz CT molecular complexity index is 908. The molecule has 0 saturated heterocycles. The van der Waals surface area contributed by atoms with Crippen LogP contribution in [-0.2, 0) is 11.3 Å². The van der Waals surface area contributed by atoms with E-state index in [0.29, 0.717) is 23.1 Å². The van der Waals surface area contributed by atoms with Crippen LogP contribution >= 0.6 is 11.8 Å². The minimum absolute atomic E-state index is 0.128. The van der Waals surface area contributed by atoms with Gasteiger partial charge in [0.2, 0.25) is 5.91 Å². The van der Waals surface area contributed by atoms with Gasteiger partial charge in [-0.3, -0.25) is 4.79 Å². The molecule has 5 nitrogen and oxygen atoms in total. The first kappa shape index (κ1) is 18.1. The van der Waals surface area contributed by atoms with Crippen molar-refractivity contribution in [2.45, 2.75) is 25.5 Å². The number of nitrogens with zero attached hydrogens (tertiary/aromatic N) is 3. The van der Waals surface area contributed by atoms with Gasteiger partial charge in [-0.2, -0.15) is 0 Å². The van der Waals surface area contributed by atoms with Gasteiger partial charge in [-0.1, -0.05) is 41.6 Å². The van der Waals surface area contributed by atoms with Crippen molar-refractivity contribution in [3.8, 4) is 11.4 Å². The number of thioether (sulfide) groups is 1. The molecule has 1 N–H and O–H groups in total. The molecule has 134 valence electrons.